The van der Waals surface area contributed by atoms with Crippen LogP contribution in [0, 0.1) is 34.5 Å². The standard InChI is InChI=1S/C33H51N5O6S/c1-8-9-17(2)22(24(39)19-12-13-19)35-31(44)36-26(32(3,4)5)30(43)38-16-20-21(33(20,6)7)23(38)28(42)37-29(25(40)27(34)41)45-15-14-18-10-11-18/h9,18-23,26,29H,8,10-16H2,1-7H3,(H2,34,41)(H,37,42)(H2,35,36,44)/b17-9+/t20-,21-,22-,23-,26+,29?/m0/s1. The quantitative estimate of drug-likeness (QED) is 0.121. The van der Waals surface area contributed by atoms with E-state index in [1.54, 1.807) is 0 Å². The molecule has 5 N–H and O–H groups in total. The topological polar surface area (TPSA) is 168 Å². The van der Waals surface area contributed by atoms with Crippen LogP contribution in [0.3, 0.4) is 0 Å². The lowest BCUT2D eigenvalue weighted by Gasteiger charge is -2.38. The summed E-state index contributed by atoms with van der Waals surface area (Å²) in [6, 6.07) is -3.28. The van der Waals surface area contributed by atoms with Crippen LogP contribution < -0.4 is 21.7 Å². The Balaban J connectivity index is 1.51. The average molecular weight is 646 g/mol. The monoisotopic (exact) mass is 645 g/mol. The van der Waals surface area contributed by atoms with Gasteiger partial charge < -0.3 is 26.6 Å². The molecule has 0 aromatic carbocycles. The minimum Gasteiger partial charge on any atom is -0.363 e. The van der Waals surface area contributed by atoms with Crippen LogP contribution in [-0.2, 0) is 24.0 Å². The predicted octanol–water partition coefficient (Wildman–Crippen LogP) is 2.92. The fraction of sp³-hybridized carbons (Fsp3) is 0.758. The molecule has 12 heteroatoms. The maximum Gasteiger partial charge on any atom is 0.316 e. The molecule has 1 aliphatic heterocycles. The molecule has 0 aromatic heterocycles. The Kier molecular flexibility index (Phi) is 10.5. The molecule has 6 atom stereocenters. The number of carbonyl (C=O) groups is 6. The number of piperidine rings is 1. The van der Waals surface area contributed by atoms with Crippen molar-refractivity contribution in [3.05, 3.63) is 11.6 Å². The number of hydrogen-bond donors (Lipinski definition) is 4. The highest BCUT2D eigenvalue weighted by atomic mass is 32.2. The molecule has 0 aromatic rings. The number of nitrogens with one attached hydrogen (secondary N) is 3. The number of rotatable bonds is 15. The van der Waals surface area contributed by atoms with Gasteiger partial charge in [-0.2, -0.15) is 0 Å². The van der Waals surface area contributed by atoms with E-state index in [0.717, 1.165) is 37.7 Å². The normalized spacial score (nSPS) is 25.8. The minimum absolute atomic E-state index is 0.0281. The highest BCUT2D eigenvalue weighted by molar-refractivity contribution is 8.00. The summed E-state index contributed by atoms with van der Waals surface area (Å²) in [5.41, 5.74) is 5.16. The van der Waals surface area contributed by atoms with Crippen LogP contribution in [-0.4, -0.2) is 76.0 Å². The molecule has 4 aliphatic rings. The third-order valence-electron chi connectivity index (χ3n) is 9.93. The Morgan fingerprint density at radius 2 is 1.67 bits per heavy atom. The molecule has 3 aliphatic carbocycles. The molecule has 0 radical (unpaired) electrons. The molecule has 1 saturated heterocycles. The first-order chi connectivity index (χ1) is 21.0. The van der Waals surface area contributed by atoms with Crippen molar-refractivity contribution in [3.8, 4) is 0 Å². The van der Waals surface area contributed by atoms with Crippen molar-refractivity contribution in [1.82, 2.24) is 20.9 Å². The fourth-order valence-electron chi connectivity index (χ4n) is 6.67. The number of nitrogens with two attached hydrogens (primary N) is 1. The summed E-state index contributed by atoms with van der Waals surface area (Å²) >= 11 is 1.19. The van der Waals surface area contributed by atoms with Crippen LogP contribution >= 0.6 is 11.8 Å². The van der Waals surface area contributed by atoms with Crippen LogP contribution in [0.15, 0.2) is 11.6 Å². The molecule has 1 heterocycles. The average Bonchev–Trinajstić information content (AvgIpc) is 3.90. The Bertz CT molecular complexity index is 1250. The smallest absolute Gasteiger partial charge is 0.316 e. The van der Waals surface area contributed by atoms with E-state index in [9.17, 15) is 28.8 Å². The number of thioether (sulfide) groups is 1. The summed E-state index contributed by atoms with van der Waals surface area (Å²) < 4.78 is 0. The van der Waals surface area contributed by atoms with E-state index in [4.69, 9.17) is 5.73 Å². The van der Waals surface area contributed by atoms with E-state index in [1.165, 1.54) is 16.7 Å². The number of likely N-dealkylation sites (tertiary alicyclic amines) is 1. The van der Waals surface area contributed by atoms with Crippen molar-refractivity contribution < 1.29 is 28.8 Å². The van der Waals surface area contributed by atoms with Gasteiger partial charge in [0.2, 0.25) is 11.8 Å². The van der Waals surface area contributed by atoms with Gasteiger partial charge in [-0.1, -0.05) is 60.5 Å². The first-order valence-corrected chi connectivity index (χ1v) is 17.4. The molecule has 3 saturated carbocycles. The highest BCUT2D eigenvalue weighted by Gasteiger charge is 2.70. The van der Waals surface area contributed by atoms with Gasteiger partial charge in [-0.05, 0) is 72.5 Å². The van der Waals surface area contributed by atoms with E-state index in [1.807, 2.05) is 40.7 Å². The van der Waals surface area contributed by atoms with Gasteiger partial charge in [-0.25, -0.2) is 4.79 Å². The zero-order valence-corrected chi connectivity index (χ0v) is 28.6. The Hall–Kier alpha value is -2.89. The van der Waals surface area contributed by atoms with Gasteiger partial charge >= 0.3 is 6.03 Å². The molecule has 5 amide bonds. The summed E-state index contributed by atoms with van der Waals surface area (Å²) in [6.07, 6.45) is 7.43. The van der Waals surface area contributed by atoms with Gasteiger partial charge in [0, 0.05) is 12.5 Å². The fourth-order valence-corrected chi connectivity index (χ4v) is 7.84. The summed E-state index contributed by atoms with van der Waals surface area (Å²) in [4.78, 5) is 80.6. The van der Waals surface area contributed by atoms with Gasteiger partial charge in [0.25, 0.3) is 11.7 Å². The van der Waals surface area contributed by atoms with Crippen LogP contribution in [0.4, 0.5) is 4.79 Å². The number of fused-ring (bicyclic) bond motifs is 1. The number of amides is 5. The van der Waals surface area contributed by atoms with Gasteiger partial charge in [-0.3, -0.25) is 24.0 Å². The lowest BCUT2D eigenvalue weighted by Crippen LogP contribution is -2.62. The van der Waals surface area contributed by atoms with Gasteiger partial charge in [0.1, 0.15) is 23.5 Å². The zero-order chi connectivity index (χ0) is 33.4. The highest BCUT2D eigenvalue weighted by Crippen LogP contribution is 2.65. The van der Waals surface area contributed by atoms with Crippen LogP contribution in [0.2, 0.25) is 0 Å². The summed E-state index contributed by atoms with van der Waals surface area (Å²) in [7, 11) is 0. The first kappa shape index (κ1) is 35.0. The number of Topliss-reactive ketones (excluding diaryl/α,β-unsaturated/α-hetero) is 2. The molecule has 11 nitrogen and oxygen atoms in total. The van der Waals surface area contributed by atoms with Crippen LogP contribution in [0.5, 0.6) is 0 Å². The number of primary amides is 1. The molecule has 45 heavy (non-hydrogen) atoms. The first-order valence-electron chi connectivity index (χ1n) is 16.3. The molecule has 1 unspecified atom stereocenters. The SMILES string of the molecule is CC/C=C(\C)[C@H](NC(=O)N[C@H](C(=O)N1C[C@H]2[C@@H]([C@H]1C(=O)NC(SCCC1CC1)C(=O)C(N)=O)C2(C)C)C(C)(C)C)C(=O)C1CC1. The third-order valence-corrected chi connectivity index (χ3v) is 11.1. The van der Waals surface area contributed by atoms with Crippen molar-refractivity contribution in [2.75, 3.05) is 12.3 Å². The third kappa shape index (κ3) is 8.10. The van der Waals surface area contributed by atoms with E-state index in [0.29, 0.717) is 24.6 Å². The van der Waals surface area contributed by atoms with Crippen molar-refractivity contribution in [3.63, 3.8) is 0 Å². The second-order valence-electron chi connectivity index (χ2n) is 15.0. The van der Waals surface area contributed by atoms with Crippen LogP contribution in [0.25, 0.3) is 0 Å². The lowest BCUT2D eigenvalue weighted by molar-refractivity contribution is -0.144. The summed E-state index contributed by atoms with van der Waals surface area (Å²) in [5.74, 6) is -1.86. The van der Waals surface area contributed by atoms with Crippen molar-refractivity contribution in [2.45, 2.75) is 110 Å². The minimum atomic E-state index is -1.13. The summed E-state index contributed by atoms with van der Waals surface area (Å²) in [5, 5.41) is 7.26. The number of allylic oxidation sites excluding steroid dienone is 1. The number of hydrogen-bond acceptors (Lipinski definition) is 7. The predicted molar refractivity (Wildman–Crippen MR) is 173 cm³/mol. The molecule has 0 bridgehead atoms. The maximum atomic E-state index is 14.3. The molecule has 250 valence electrons. The van der Waals surface area contributed by atoms with E-state index in [-0.39, 0.29) is 29.0 Å². The number of nitrogens with zero attached hydrogens (tertiary/aromatic N) is 1. The van der Waals surface area contributed by atoms with Gasteiger partial charge in [0.05, 0.1) is 0 Å². The number of ketones is 2. The van der Waals surface area contributed by atoms with E-state index >= 15 is 0 Å². The van der Waals surface area contributed by atoms with Crippen molar-refractivity contribution in [2.24, 2.45) is 40.2 Å². The Morgan fingerprint density at radius 3 is 2.20 bits per heavy atom. The molecule has 4 rings (SSSR count). The molecular weight excluding hydrogens is 594 g/mol. The largest absolute Gasteiger partial charge is 0.363 e. The molecule has 0 spiro atoms. The number of carbonyl (C=O) groups excluding carboxylic acids is 6. The molecular formula is C33H51N5O6S. The van der Waals surface area contributed by atoms with Gasteiger partial charge in [-0.15, -0.1) is 11.8 Å². The van der Waals surface area contributed by atoms with E-state index in [2.05, 4.69) is 29.8 Å². The number of urea groups is 1. The zero-order valence-electron chi connectivity index (χ0n) is 27.7. The Labute approximate surface area is 271 Å². The lowest BCUT2D eigenvalue weighted by atomic mass is 9.85. The summed E-state index contributed by atoms with van der Waals surface area (Å²) in [6.45, 7) is 13.7. The van der Waals surface area contributed by atoms with Gasteiger partial charge in [0.15, 0.2) is 5.78 Å². The second-order valence-corrected chi connectivity index (χ2v) is 16.2. The molecule has 4 fully saturated rings. The van der Waals surface area contributed by atoms with E-state index < -0.39 is 58.5 Å². The second kappa shape index (κ2) is 13.5. The Morgan fingerprint density at radius 1 is 1.02 bits per heavy atom. The van der Waals surface area contributed by atoms with Crippen molar-refractivity contribution >= 4 is 47.1 Å². The van der Waals surface area contributed by atoms with Crippen molar-refractivity contribution in [1.29, 1.82) is 0 Å². The van der Waals surface area contributed by atoms with Crippen LogP contribution in [0.1, 0.15) is 87.0 Å². The maximum absolute atomic E-state index is 14.3.